The van der Waals surface area contributed by atoms with Crippen LogP contribution in [0.5, 0.6) is 0 Å². The summed E-state index contributed by atoms with van der Waals surface area (Å²) < 4.78 is 0. The van der Waals surface area contributed by atoms with E-state index >= 15 is 0 Å². The van der Waals surface area contributed by atoms with Crippen LogP contribution in [0.15, 0.2) is 24.4 Å². The number of hydrogen-bond donors (Lipinski definition) is 2. The number of aliphatic hydroxyl groups is 1. The molecule has 72 valence electrons. The third-order valence-electron chi connectivity index (χ3n) is 2.13. The van der Waals surface area contributed by atoms with Crippen molar-refractivity contribution < 1.29 is 10.0 Å². The van der Waals surface area contributed by atoms with E-state index in [-0.39, 0.29) is 12.3 Å². The Morgan fingerprint density at radius 2 is 2.29 bits per heavy atom. The number of benzene rings is 1. The van der Waals surface area contributed by atoms with Crippen molar-refractivity contribution in [3.8, 4) is 0 Å². The number of H-pyrrole nitrogens is 1. The third kappa shape index (κ3) is 1.23. The highest BCUT2D eigenvalue weighted by atomic mass is 16.6. The van der Waals surface area contributed by atoms with E-state index in [1.165, 1.54) is 12.1 Å². The van der Waals surface area contributed by atoms with Crippen molar-refractivity contribution in [3.05, 3.63) is 40.1 Å². The van der Waals surface area contributed by atoms with Crippen LogP contribution in [0.25, 0.3) is 10.9 Å². The van der Waals surface area contributed by atoms with Crippen molar-refractivity contribution in [2.75, 3.05) is 0 Å². The molecule has 1 heterocycles. The van der Waals surface area contributed by atoms with E-state index in [4.69, 9.17) is 5.11 Å². The topological polar surface area (TPSA) is 79.2 Å². The number of fused-ring (bicyclic) bond motifs is 1. The number of aliphatic hydroxyl groups excluding tert-OH is 1. The predicted octanol–water partition coefficient (Wildman–Crippen LogP) is 1.57. The molecule has 0 saturated heterocycles. The van der Waals surface area contributed by atoms with E-state index in [0.29, 0.717) is 5.52 Å². The molecule has 0 aliphatic carbocycles. The van der Waals surface area contributed by atoms with E-state index in [1.54, 1.807) is 12.3 Å². The number of hydrogen-bond acceptors (Lipinski definition) is 3. The van der Waals surface area contributed by atoms with Crippen LogP contribution in [0.2, 0.25) is 0 Å². The second-order valence-corrected chi connectivity index (χ2v) is 2.96. The lowest BCUT2D eigenvalue weighted by molar-refractivity contribution is -0.384. The highest BCUT2D eigenvalue weighted by molar-refractivity contribution is 5.85. The zero-order valence-corrected chi connectivity index (χ0v) is 7.23. The van der Waals surface area contributed by atoms with Gasteiger partial charge in [0.1, 0.15) is 0 Å². The van der Waals surface area contributed by atoms with Gasteiger partial charge >= 0.3 is 0 Å². The quantitative estimate of drug-likeness (QED) is 0.559. The molecule has 1 aromatic heterocycles. The van der Waals surface area contributed by atoms with E-state index in [9.17, 15) is 10.1 Å². The number of nitrogens with one attached hydrogen (secondary N) is 1. The van der Waals surface area contributed by atoms with Crippen LogP contribution in [0.1, 0.15) is 5.56 Å². The van der Waals surface area contributed by atoms with Crippen molar-refractivity contribution in [2.45, 2.75) is 6.61 Å². The molecule has 0 atom stereocenters. The lowest BCUT2D eigenvalue weighted by Gasteiger charge is -1.93. The Morgan fingerprint density at radius 3 is 2.93 bits per heavy atom. The summed E-state index contributed by atoms with van der Waals surface area (Å²) in [5.41, 5.74) is 1.46. The average Bonchev–Trinajstić information content (AvgIpc) is 2.59. The van der Waals surface area contributed by atoms with E-state index < -0.39 is 4.92 Å². The fraction of sp³-hybridized carbons (Fsp3) is 0.111. The van der Waals surface area contributed by atoms with Crippen molar-refractivity contribution in [1.82, 2.24) is 4.98 Å². The molecule has 0 bridgehead atoms. The molecule has 0 unspecified atom stereocenters. The van der Waals surface area contributed by atoms with Gasteiger partial charge in [-0.15, -0.1) is 0 Å². The first kappa shape index (κ1) is 8.71. The molecule has 0 saturated carbocycles. The molecular formula is C9H8N2O3. The molecule has 14 heavy (non-hydrogen) atoms. The lowest BCUT2D eigenvalue weighted by atomic mass is 10.2. The van der Waals surface area contributed by atoms with Crippen molar-refractivity contribution in [2.24, 2.45) is 0 Å². The highest BCUT2D eigenvalue weighted by Gasteiger charge is 2.08. The van der Waals surface area contributed by atoms with E-state index in [2.05, 4.69) is 4.98 Å². The van der Waals surface area contributed by atoms with Gasteiger partial charge in [-0.3, -0.25) is 10.1 Å². The Bertz CT molecular complexity index is 490. The van der Waals surface area contributed by atoms with Gasteiger partial charge in [0.15, 0.2) is 0 Å². The van der Waals surface area contributed by atoms with E-state index in [0.717, 1.165) is 10.9 Å². The predicted molar refractivity (Wildman–Crippen MR) is 50.9 cm³/mol. The molecule has 0 amide bonds. The largest absolute Gasteiger partial charge is 0.392 e. The summed E-state index contributed by atoms with van der Waals surface area (Å²) in [6.45, 7) is -0.0716. The van der Waals surface area contributed by atoms with Crippen LogP contribution in [0.4, 0.5) is 5.69 Å². The number of rotatable bonds is 2. The van der Waals surface area contributed by atoms with Gasteiger partial charge in [-0.25, -0.2) is 0 Å². The summed E-state index contributed by atoms with van der Waals surface area (Å²) in [5.74, 6) is 0. The van der Waals surface area contributed by atoms with Crippen LogP contribution < -0.4 is 0 Å². The van der Waals surface area contributed by atoms with Crippen LogP contribution in [0.3, 0.4) is 0 Å². The second kappa shape index (κ2) is 3.12. The minimum Gasteiger partial charge on any atom is -0.392 e. The maximum absolute atomic E-state index is 10.5. The summed E-state index contributed by atoms with van der Waals surface area (Å²) in [5, 5.41) is 20.2. The molecule has 0 fully saturated rings. The molecule has 2 N–H and O–H groups in total. The van der Waals surface area contributed by atoms with Crippen molar-refractivity contribution in [1.29, 1.82) is 0 Å². The van der Waals surface area contributed by atoms with Crippen LogP contribution in [-0.4, -0.2) is 15.0 Å². The number of nitrogens with zero attached hydrogens (tertiary/aromatic N) is 1. The van der Waals surface area contributed by atoms with Gasteiger partial charge in [0, 0.05) is 29.3 Å². The fourth-order valence-electron chi connectivity index (χ4n) is 1.42. The van der Waals surface area contributed by atoms with Crippen LogP contribution in [0, 0.1) is 10.1 Å². The second-order valence-electron chi connectivity index (χ2n) is 2.96. The standard InChI is InChI=1S/C9H8N2O3/c12-5-6-4-10-9-3-7(11(13)14)1-2-8(6)9/h1-4,10,12H,5H2. The fourth-order valence-corrected chi connectivity index (χ4v) is 1.42. The highest BCUT2D eigenvalue weighted by Crippen LogP contribution is 2.22. The monoisotopic (exact) mass is 192 g/mol. The molecule has 2 aromatic rings. The summed E-state index contributed by atoms with van der Waals surface area (Å²) in [4.78, 5) is 12.9. The number of nitro groups is 1. The summed E-state index contributed by atoms with van der Waals surface area (Å²) in [7, 11) is 0. The Hall–Kier alpha value is -1.88. The summed E-state index contributed by atoms with van der Waals surface area (Å²) in [6, 6.07) is 4.51. The summed E-state index contributed by atoms with van der Waals surface area (Å²) in [6.07, 6.45) is 1.65. The maximum Gasteiger partial charge on any atom is 0.271 e. The Balaban J connectivity index is 2.63. The van der Waals surface area contributed by atoms with E-state index in [1.807, 2.05) is 0 Å². The SMILES string of the molecule is O=[N+]([O-])c1ccc2c(CO)c[nH]c2c1. The van der Waals surface area contributed by atoms with Crippen LogP contribution >= 0.6 is 0 Å². The smallest absolute Gasteiger partial charge is 0.271 e. The average molecular weight is 192 g/mol. The molecule has 0 aliphatic rings. The summed E-state index contributed by atoms with van der Waals surface area (Å²) >= 11 is 0. The maximum atomic E-state index is 10.5. The Labute approximate surface area is 79.1 Å². The normalized spacial score (nSPS) is 10.6. The Morgan fingerprint density at radius 1 is 1.50 bits per heavy atom. The molecule has 0 radical (unpaired) electrons. The minimum absolute atomic E-state index is 0.0452. The van der Waals surface area contributed by atoms with Gasteiger partial charge in [0.25, 0.3) is 5.69 Å². The number of non-ortho nitro benzene ring substituents is 1. The first-order valence-corrected chi connectivity index (χ1v) is 4.07. The number of nitro benzene ring substituents is 1. The zero-order valence-electron chi connectivity index (χ0n) is 7.23. The van der Waals surface area contributed by atoms with Gasteiger partial charge in [0.05, 0.1) is 17.0 Å². The first-order valence-electron chi connectivity index (χ1n) is 4.07. The molecule has 1 aromatic carbocycles. The molecular weight excluding hydrogens is 184 g/mol. The third-order valence-corrected chi connectivity index (χ3v) is 2.13. The van der Waals surface area contributed by atoms with Gasteiger partial charge in [-0.2, -0.15) is 0 Å². The molecule has 2 rings (SSSR count). The van der Waals surface area contributed by atoms with Crippen LogP contribution in [-0.2, 0) is 6.61 Å². The number of aromatic nitrogens is 1. The molecule has 0 spiro atoms. The van der Waals surface area contributed by atoms with Crippen molar-refractivity contribution in [3.63, 3.8) is 0 Å². The van der Waals surface area contributed by atoms with Gasteiger partial charge in [-0.05, 0) is 6.07 Å². The molecule has 0 aliphatic heterocycles. The minimum atomic E-state index is -0.446. The molecule has 5 heteroatoms. The van der Waals surface area contributed by atoms with Gasteiger partial charge in [-0.1, -0.05) is 0 Å². The zero-order chi connectivity index (χ0) is 10.1. The number of aromatic amines is 1. The first-order chi connectivity index (χ1) is 6.72. The molecule has 5 nitrogen and oxygen atoms in total. The lowest BCUT2D eigenvalue weighted by Crippen LogP contribution is -1.87. The van der Waals surface area contributed by atoms with Gasteiger partial charge < -0.3 is 10.1 Å². The Kier molecular flexibility index (Phi) is 1.94. The van der Waals surface area contributed by atoms with Crippen molar-refractivity contribution >= 4 is 16.6 Å². The van der Waals surface area contributed by atoms with Gasteiger partial charge in [0.2, 0.25) is 0 Å².